The molecule has 0 unspecified atom stereocenters. The molecule has 1 amide bonds. The molecule has 3 aromatic carbocycles. The summed E-state index contributed by atoms with van der Waals surface area (Å²) in [6.45, 7) is 0. The number of rotatable bonds is 5. The van der Waals surface area contributed by atoms with Crippen LogP contribution >= 0.6 is 11.6 Å². The van der Waals surface area contributed by atoms with Crippen LogP contribution in [0.4, 0.5) is 16.3 Å². The molecule has 6 nitrogen and oxygen atoms in total. The molecule has 34 heavy (non-hydrogen) atoms. The van der Waals surface area contributed by atoms with Gasteiger partial charge in [0.15, 0.2) is 0 Å². The highest BCUT2D eigenvalue weighted by Crippen LogP contribution is 2.33. The summed E-state index contributed by atoms with van der Waals surface area (Å²) >= 11 is 5.89. The number of fused-ring (bicyclic) bond motifs is 1. The average Bonchev–Trinajstić information content (AvgIpc) is 3.26. The van der Waals surface area contributed by atoms with Crippen molar-refractivity contribution in [1.29, 1.82) is 0 Å². The molecule has 0 spiro atoms. The van der Waals surface area contributed by atoms with Crippen LogP contribution in [0.5, 0.6) is 0 Å². The van der Waals surface area contributed by atoms with Crippen LogP contribution in [0, 0.1) is 5.82 Å². The van der Waals surface area contributed by atoms with Gasteiger partial charge >= 0.3 is 0 Å². The van der Waals surface area contributed by atoms with Crippen LogP contribution in [0.2, 0.25) is 5.02 Å². The maximum absolute atomic E-state index is 13.5. The second kappa shape index (κ2) is 9.33. The minimum atomic E-state index is -0.368. The molecule has 0 saturated carbocycles. The van der Waals surface area contributed by atoms with E-state index in [0.717, 1.165) is 22.4 Å². The fourth-order valence-corrected chi connectivity index (χ4v) is 3.75. The molecule has 1 aliphatic rings. The summed E-state index contributed by atoms with van der Waals surface area (Å²) in [5.74, 6) is -0.0626. The first-order chi connectivity index (χ1) is 16.5. The molecule has 0 radical (unpaired) electrons. The highest BCUT2D eigenvalue weighted by molar-refractivity contribution is 6.30. The van der Waals surface area contributed by atoms with Gasteiger partial charge < -0.3 is 5.32 Å². The van der Waals surface area contributed by atoms with Gasteiger partial charge in [0.1, 0.15) is 11.9 Å². The maximum atomic E-state index is 13.5. The average molecular weight is 472 g/mol. The van der Waals surface area contributed by atoms with E-state index >= 15 is 0 Å². The Labute approximate surface area is 200 Å². The van der Waals surface area contributed by atoms with Crippen LogP contribution in [-0.2, 0) is 4.79 Å². The topological polar surface area (TPSA) is 71.8 Å². The number of aromatic nitrogens is 3. The number of amides is 1. The van der Waals surface area contributed by atoms with Gasteiger partial charge in [0.2, 0.25) is 5.95 Å². The predicted molar refractivity (Wildman–Crippen MR) is 132 cm³/mol. The first-order valence-corrected chi connectivity index (χ1v) is 10.9. The molecule has 5 rings (SSSR count). The SMILES string of the molecule is O=C(/C=C/c1ccc(Cl)cc1)Nc1nc2n(n1)[C@@H](c1ccc(F)cc1)C=C(c1ccccc1)N2. The molecule has 4 aromatic rings. The Morgan fingerprint density at radius 3 is 2.50 bits per heavy atom. The zero-order valence-corrected chi connectivity index (χ0v) is 18.6. The van der Waals surface area contributed by atoms with Gasteiger partial charge in [-0.3, -0.25) is 10.1 Å². The van der Waals surface area contributed by atoms with Gasteiger partial charge in [0, 0.05) is 16.8 Å². The second-order valence-electron chi connectivity index (χ2n) is 7.65. The van der Waals surface area contributed by atoms with E-state index in [9.17, 15) is 9.18 Å². The summed E-state index contributed by atoms with van der Waals surface area (Å²) in [5.41, 5.74) is 3.49. The molecule has 1 atom stereocenters. The van der Waals surface area contributed by atoms with Gasteiger partial charge in [-0.1, -0.05) is 66.2 Å². The van der Waals surface area contributed by atoms with Gasteiger partial charge in [-0.05, 0) is 53.1 Å². The van der Waals surface area contributed by atoms with E-state index < -0.39 is 0 Å². The molecule has 1 aliphatic heterocycles. The summed E-state index contributed by atoms with van der Waals surface area (Å²) in [7, 11) is 0. The van der Waals surface area contributed by atoms with Crippen molar-refractivity contribution in [3.8, 4) is 0 Å². The lowest BCUT2D eigenvalue weighted by molar-refractivity contribution is -0.111. The van der Waals surface area contributed by atoms with Crippen molar-refractivity contribution in [3.63, 3.8) is 0 Å². The van der Waals surface area contributed by atoms with Crippen LogP contribution in [0.15, 0.2) is 91.0 Å². The second-order valence-corrected chi connectivity index (χ2v) is 8.08. The lowest BCUT2D eigenvalue weighted by atomic mass is 10.0. The summed E-state index contributed by atoms with van der Waals surface area (Å²) in [4.78, 5) is 16.9. The van der Waals surface area contributed by atoms with Crippen LogP contribution in [0.3, 0.4) is 0 Å². The van der Waals surface area contributed by atoms with E-state index in [1.807, 2.05) is 48.5 Å². The number of benzene rings is 3. The number of allylic oxidation sites excluding steroid dienone is 1. The number of carbonyl (C=O) groups is 1. The largest absolute Gasteiger partial charge is 0.324 e. The van der Waals surface area contributed by atoms with Gasteiger partial charge in [-0.2, -0.15) is 4.98 Å². The minimum absolute atomic E-state index is 0.156. The lowest BCUT2D eigenvalue weighted by Crippen LogP contribution is -2.20. The Hall–Kier alpha value is -4.23. The van der Waals surface area contributed by atoms with E-state index in [0.29, 0.717) is 11.0 Å². The number of carbonyl (C=O) groups excluding carboxylic acids is 1. The molecular weight excluding hydrogens is 453 g/mol. The number of hydrogen-bond donors (Lipinski definition) is 2. The summed E-state index contributed by atoms with van der Waals surface area (Å²) < 4.78 is 15.2. The minimum Gasteiger partial charge on any atom is -0.324 e. The Bertz CT molecular complexity index is 1380. The monoisotopic (exact) mass is 471 g/mol. The number of hydrogen-bond acceptors (Lipinski definition) is 4. The Morgan fingerprint density at radius 2 is 1.76 bits per heavy atom. The third-order valence-electron chi connectivity index (χ3n) is 5.29. The number of nitrogens with zero attached hydrogens (tertiary/aromatic N) is 3. The van der Waals surface area contributed by atoms with Crippen LogP contribution in [0.25, 0.3) is 11.8 Å². The third kappa shape index (κ3) is 4.74. The van der Waals surface area contributed by atoms with Gasteiger partial charge in [0.05, 0.1) is 0 Å². The van der Waals surface area contributed by atoms with Crippen molar-refractivity contribution in [2.24, 2.45) is 0 Å². The number of halogens is 2. The third-order valence-corrected chi connectivity index (χ3v) is 5.55. The zero-order chi connectivity index (χ0) is 23.5. The summed E-state index contributed by atoms with van der Waals surface area (Å²) in [5, 5.41) is 11.1. The van der Waals surface area contributed by atoms with Gasteiger partial charge in [0.25, 0.3) is 11.9 Å². The molecule has 8 heteroatoms. The summed E-state index contributed by atoms with van der Waals surface area (Å²) in [6.07, 6.45) is 5.08. The molecule has 0 aliphatic carbocycles. The molecule has 0 saturated heterocycles. The molecule has 1 aromatic heterocycles. The molecule has 0 bridgehead atoms. The van der Waals surface area contributed by atoms with Crippen molar-refractivity contribution in [3.05, 3.63) is 119 Å². The van der Waals surface area contributed by atoms with E-state index in [2.05, 4.69) is 20.7 Å². The molecule has 2 heterocycles. The van der Waals surface area contributed by atoms with E-state index in [1.165, 1.54) is 18.2 Å². The molecule has 0 fully saturated rings. The molecule has 168 valence electrons. The van der Waals surface area contributed by atoms with Crippen molar-refractivity contribution < 1.29 is 9.18 Å². The molecule has 2 N–H and O–H groups in total. The van der Waals surface area contributed by atoms with Crippen molar-refractivity contribution in [2.75, 3.05) is 10.6 Å². The summed E-state index contributed by atoms with van der Waals surface area (Å²) in [6, 6.07) is 22.8. The van der Waals surface area contributed by atoms with Crippen molar-refractivity contribution in [1.82, 2.24) is 14.8 Å². The highest BCUT2D eigenvalue weighted by atomic mass is 35.5. The lowest BCUT2D eigenvalue weighted by Gasteiger charge is -2.24. The van der Waals surface area contributed by atoms with Crippen molar-refractivity contribution in [2.45, 2.75) is 6.04 Å². The fraction of sp³-hybridized carbons (Fsp3) is 0.0385. The van der Waals surface area contributed by atoms with Crippen LogP contribution in [-0.4, -0.2) is 20.7 Å². The highest BCUT2D eigenvalue weighted by Gasteiger charge is 2.25. The Kier molecular flexibility index (Phi) is 5.93. The normalized spacial score (nSPS) is 14.9. The molecular formula is C26H19ClFN5O. The van der Waals surface area contributed by atoms with E-state index in [1.54, 1.807) is 35.0 Å². The van der Waals surface area contributed by atoms with Gasteiger partial charge in [-0.25, -0.2) is 9.07 Å². The number of nitrogens with one attached hydrogen (secondary N) is 2. The quantitative estimate of drug-likeness (QED) is 0.362. The van der Waals surface area contributed by atoms with Crippen LogP contribution < -0.4 is 10.6 Å². The number of anilines is 2. The zero-order valence-electron chi connectivity index (χ0n) is 17.8. The Morgan fingerprint density at radius 1 is 1.03 bits per heavy atom. The van der Waals surface area contributed by atoms with Crippen LogP contribution in [0.1, 0.15) is 22.7 Å². The smallest absolute Gasteiger partial charge is 0.250 e. The first-order valence-electron chi connectivity index (χ1n) is 10.6. The first kappa shape index (κ1) is 21.6. The van der Waals surface area contributed by atoms with E-state index in [-0.39, 0.29) is 23.7 Å². The predicted octanol–water partition coefficient (Wildman–Crippen LogP) is 5.78. The maximum Gasteiger partial charge on any atom is 0.250 e. The van der Waals surface area contributed by atoms with E-state index in [4.69, 9.17) is 11.6 Å². The Balaban J connectivity index is 1.42. The van der Waals surface area contributed by atoms with Gasteiger partial charge in [-0.15, -0.1) is 5.10 Å². The standard InChI is InChI=1S/C26H19ClFN5O/c27-20-11-6-17(7-12-20)8-15-24(34)30-25-31-26-29-22(18-4-2-1-3-5-18)16-23(33(26)32-25)19-9-13-21(28)14-10-19/h1-16,23H,(H2,29,30,31,32,34)/b15-8+/t23-/m1/s1. The fourth-order valence-electron chi connectivity index (χ4n) is 3.63. The van der Waals surface area contributed by atoms with Crippen molar-refractivity contribution >= 4 is 41.2 Å².